The third-order valence-electron chi connectivity index (χ3n) is 3.15. The number of hydrogen-bond donors (Lipinski definition) is 2. The van der Waals surface area contributed by atoms with Gasteiger partial charge >= 0.3 is 5.97 Å². The van der Waals surface area contributed by atoms with Crippen molar-refractivity contribution >= 4 is 11.9 Å². The second kappa shape index (κ2) is 5.14. The maximum absolute atomic E-state index is 12.2. The van der Waals surface area contributed by atoms with Gasteiger partial charge in [0.05, 0.1) is 5.56 Å². The van der Waals surface area contributed by atoms with Gasteiger partial charge in [0.15, 0.2) is 0 Å². The topological polar surface area (TPSA) is 96.5 Å². The molecule has 1 fully saturated rings. The van der Waals surface area contributed by atoms with E-state index in [1.807, 2.05) is 0 Å². The molecule has 1 unspecified atom stereocenters. The van der Waals surface area contributed by atoms with Crippen LogP contribution in [0.25, 0.3) is 0 Å². The Labute approximate surface area is 104 Å². The quantitative estimate of drug-likeness (QED) is 0.797. The van der Waals surface area contributed by atoms with Gasteiger partial charge in [-0.25, -0.2) is 4.79 Å². The molecule has 1 aliphatic rings. The smallest absolute Gasteiger partial charge is 0.338 e. The molecular formula is C12H15N3O3. The summed E-state index contributed by atoms with van der Waals surface area (Å²) in [7, 11) is 0. The molecule has 0 saturated carbocycles. The molecule has 1 aromatic heterocycles. The summed E-state index contributed by atoms with van der Waals surface area (Å²) in [5.41, 5.74) is 5.51. The van der Waals surface area contributed by atoms with E-state index in [0.717, 1.165) is 6.42 Å². The minimum atomic E-state index is -1.14. The molecule has 3 N–H and O–H groups in total. The molecule has 18 heavy (non-hydrogen) atoms. The Kier molecular flexibility index (Phi) is 3.57. The van der Waals surface area contributed by atoms with Crippen molar-refractivity contribution in [3.05, 3.63) is 29.6 Å². The normalized spacial score (nSPS) is 18.9. The lowest BCUT2D eigenvalue weighted by Gasteiger charge is -2.16. The zero-order chi connectivity index (χ0) is 13.1. The van der Waals surface area contributed by atoms with Crippen LogP contribution in [0, 0.1) is 5.92 Å². The van der Waals surface area contributed by atoms with E-state index in [0.29, 0.717) is 25.6 Å². The Bertz CT molecular complexity index is 475. The highest BCUT2D eigenvalue weighted by Gasteiger charge is 2.29. The molecule has 0 bridgehead atoms. The Balaban J connectivity index is 2.22. The van der Waals surface area contributed by atoms with Crippen LogP contribution < -0.4 is 5.73 Å². The molecule has 1 saturated heterocycles. The summed E-state index contributed by atoms with van der Waals surface area (Å²) in [6.07, 6.45) is 2.29. The van der Waals surface area contributed by atoms with Gasteiger partial charge in [0.1, 0.15) is 5.69 Å². The second-order valence-corrected chi connectivity index (χ2v) is 4.35. The first-order valence-corrected chi connectivity index (χ1v) is 5.81. The molecule has 2 heterocycles. The first-order chi connectivity index (χ1) is 8.63. The number of pyridine rings is 1. The molecule has 1 amide bonds. The zero-order valence-electron chi connectivity index (χ0n) is 9.87. The number of amides is 1. The molecule has 6 nitrogen and oxygen atoms in total. The number of hydrogen-bond acceptors (Lipinski definition) is 4. The maximum atomic E-state index is 12.2. The molecule has 0 radical (unpaired) electrons. The average Bonchev–Trinajstić information content (AvgIpc) is 2.86. The number of carboxylic acid groups (broad SMARTS) is 1. The first kappa shape index (κ1) is 12.5. The lowest BCUT2D eigenvalue weighted by atomic mass is 10.1. The van der Waals surface area contributed by atoms with E-state index in [9.17, 15) is 9.59 Å². The van der Waals surface area contributed by atoms with Crippen molar-refractivity contribution in [3.8, 4) is 0 Å². The number of likely N-dealkylation sites (tertiary alicyclic amines) is 1. The predicted octanol–water partition coefficient (Wildman–Crippen LogP) is 0.201. The fraction of sp³-hybridized carbons (Fsp3) is 0.417. The molecule has 0 spiro atoms. The SMILES string of the molecule is NCC1CCN(C(=O)c2ncccc2C(=O)O)C1. The summed E-state index contributed by atoms with van der Waals surface area (Å²) in [4.78, 5) is 28.7. The fourth-order valence-electron chi connectivity index (χ4n) is 2.11. The molecule has 96 valence electrons. The van der Waals surface area contributed by atoms with Crippen LogP contribution in [0.15, 0.2) is 18.3 Å². The van der Waals surface area contributed by atoms with E-state index in [1.165, 1.54) is 18.3 Å². The first-order valence-electron chi connectivity index (χ1n) is 5.81. The molecule has 0 aliphatic carbocycles. The van der Waals surface area contributed by atoms with Gasteiger partial charge in [0.25, 0.3) is 5.91 Å². The van der Waals surface area contributed by atoms with Gasteiger partial charge in [0, 0.05) is 19.3 Å². The van der Waals surface area contributed by atoms with Crippen LogP contribution in [0.3, 0.4) is 0 Å². The summed E-state index contributed by atoms with van der Waals surface area (Å²) in [5, 5.41) is 9.02. The van der Waals surface area contributed by atoms with Gasteiger partial charge in [0.2, 0.25) is 0 Å². The van der Waals surface area contributed by atoms with E-state index in [-0.39, 0.29) is 17.2 Å². The van der Waals surface area contributed by atoms with E-state index in [1.54, 1.807) is 4.90 Å². The van der Waals surface area contributed by atoms with Gasteiger partial charge in [-0.05, 0) is 31.0 Å². The lowest BCUT2D eigenvalue weighted by molar-refractivity contribution is 0.0678. The van der Waals surface area contributed by atoms with Crippen molar-refractivity contribution in [1.82, 2.24) is 9.88 Å². The number of aromatic carboxylic acids is 1. The van der Waals surface area contributed by atoms with Gasteiger partial charge in [-0.1, -0.05) is 0 Å². The zero-order valence-corrected chi connectivity index (χ0v) is 9.87. The molecule has 1 atom stereocenters. The highest BCUT2D eigenvalue weighted by molar-refractivity contribution is 6.03. The van der Waals surface area contributed by atoms with Gasteiger partial charge in [-0.15, -0.1) is 0 Å². The van der Waals surface area contributed by atoms with Gasteiger partial charge in [-0.2, -0.15) is 0 Å². The summed E-state index contributed by atoms with van der Waals surface area (Å²) >= 11 is 0. The summed E-state index contributed by atoms with van der Waals surface area (Å²) < 4.78 is 0. The van der Waals surface area contributed by atoms with E-state index in [4.69, 9.17) is 10.8 Å². The monoisotopic (exact) mass is 249 g/mol. The number of nitrogens with zero attached hydrogens (tertiary/aromatic N) is 2. The fourth-order valence-corrected chi connectivity index (χ4v) is 2.11. The third kappa shape index (κ3) is 2.33. The number of carbonyl (C=O) groups is 2. The number of rotatable bonds is 3. The Morgan fingerprint density at radius 1 is 1.56 bits per heavy atom. The Hall–Kier alpha value is -1.95. The van der Waals surface area contributed by atoms with Gasteiger partial charge < -0.3 is 15.7 Å². The van der Waals surface area contributed by atoms with Crippen molar-refractivity contribution in [3.63, 3.8) is 0 Å². The minimum absolute atomic E-state index is 0.00247. The number of aromatic nitrogens is 1. The van der Waals surface area contributed by atoms with Crippen molar-refractivity contribution in [1.29, 1.82) is 0 Å². The lowest BCUT2D eigenvalue weighted by Crippen LogP contribution is -2.31. The molecule has 1 aromatic rings. The largest absolute Gasteiger partial charge is 0.478 e. The van der Waals surface area contributed by atoms with Crippen molar-refractivity contribution in [2.24, 2.45) is 11.7 Å². The highest BCUT2D eigenvalue weighted by atomic mass is 16.4. The minimum Gasteiger partial charge on any atom is -0.478 e. The number of nitrogens with two attached hydrogens (primary N) is 1. The third-order valence-corrected chi connectivity index (χ3v) is 3.15. The number of carboxylic acids is 1. The van der Waals surface area contributed by atoms with E-state index < -0.39 is 5.97 Å². The van der Waals surface area contributed by atoms with Gasteiger partial charge in [-0.3, -0.25) is 9.78 Å². The van der Waals surface area contributed by atoms with Crippen LogP contribution in [0.4, 0.5) is 0 Å². The molecule has 0 aromatic carbocycles. The maximum Gasteiger partial charge on any atom is 0.338 e. The van der Waals surface area contributed by atoms with Crippen LogP contribution in [0.1, 0.15) is 27.3 Å². The van der Waals surface area contributed by atoms with Crippen LogP contribution >= 0.6 is 0 Å². The van der Waals surface area contributed by atoms with E-state index in [2.05, 4.69) is 4.98 Å². The summed E-state index contributed by atoms with van der Waals surface area (Å²) in [5.74, 6) is -1.17. The highest BCUT2D eigenvalue weighted by Crippen LogP contribution is 2.18. The molecular weight excluding hydrogens is 234 g/mol. The van der Waals surface area contributed by atoms with Crippen molar-refractivity contribution in [2.45, 2.75) is 6.42 Å². The molecule has 1 aliphatic heterocycles. The summed E-state index contributed by atoms with van der Waals surface area (Å²) in [6, 6.07) is 2.89. The van der Waals surface area contributed by atoms with E-state index >= 15 is 0 Å². The van der Waals surface area contributed by atoms with Crippen LogP contribution in [0.2, 0.25) is 0 Å². The van der Waals surface area contributed by atoms with Crippen LogP contribution in [-0.4, -0.2) is 46.5 Å². The van der Waals surface area contributed by atoms with Crippen molar-refractivity contribution < 1.29 is 14.7 Å². The van der Waals surface area contributed by atoms with Crippen LogP contribution in [0.5, 0.6) is 0 Å². The average molecular weight is 249 g/mol. The standard InChI is InChI=1S/C12H15N3O3/c13-6-8-3-5-15(7-8)11(16)10-9(12(17)18)2-1-4-14-10/h1-2,4,8H,3,5-7,13H2,(H,17,18). The molecule has 6 heteroatoms. The number of carbonyl (C=O) groups excluding carboxylic acids is 1. The second-order valence-electron chi connectivity index (χ2n) is 4.35. The molecule has 2 rings (SSSR count). The van der Waals surface area contributed by atoms with Crippen molar-refractivity contribution in [2.75, 3.05) is 19.6 Å². The van der Waals surface area contributed by atoms with Crippen LogP contribution in [-0.2, 0) is 0 Å². The summed E-state index contributed by atoms with van der Waals surface area (Å²) in [6.45, 7) is 1.72. The Morgan fingerprint density at radius 3 is 2.94 bits per heavy atom. The predicted molar refractivity (Wildman–Crippen MR) is 64.3 cm³/mol. The Morgan fingerprint density at radius 2 is 2.33 bits per heavy atom.